The molecule has 2 heterocycles. The standard InChI is InChI=1S/C23H29N3O2/c1-14-15-6-17-8-16(14)9-18(7-15)23(17,2)10-22(27)26-12-20(13-26)28-21-5-4-19(24-3)11-25-21/h4-5,11,14-18,20H,6-10,12-13H2,1-2H3. The van der Waals surface area contributed by atoms with E-state index in [1.165, 1.54) is 31.9 Å². The third-order valence-electron chi connectivity index (χ3n) is 8.57. The Kier molecular flexibility index (Phi) is 4.15. The van der Waals surface area contributed by atoms with Crippen LogP contribution in [-0.2, 0) is 4.79 Å². The number of hydrogen-bond donors (Lipinski definition) is 0. The van der Waals surface area contributed by atoms with E-state index in [4.69, 9.17) is 11.3 Å². The van der Waals surface area contributed by atoms with E-state index in [2.05, 4.69) is 23.7 Å². The molecule has 5 aliphatic rings. The fourth-order valence-electron chi connectivity index (χ4n) is 6.62. The number of likely N-dealkylation sites (tertiary alicyclic amines) is 1. The Bertz CT molecular complexity index is 776. The molecule has 5 nitrogen and oxygen atoms in total. The van der Waals surface area contributed by atoms with Crippen molar-refractivity contribution in [1.29, 1.82) is 0 Å². The zero-order chi connectivity index (χ0) is 19.5. The van der Waals surface area contributed by atoms with Gasteiger partial charge in [-0.05, 0) is 72.8 Å². The number of amides is 1. The van der Waals surface area contributed by atoms with Crippen LogP contribution >= 0.6 is 0 Å². The summed E-state index contributed by atoms with van der Waals surface area (Å²) in [6, 6.07) is 3.44. The van der Waals surface area contributed by atoms with Crippen molar-refractivity contribution in [3.8, 4) is 5.88 Å². The van der Waals surface area contributed by atoms with Crippen molar-refractivity contribution < 1.29 is 9.53 Å². The van der Waals surface area contributed by atoms with Gasteiger partial charge in [-0.15, -0.1) is 0 Å². The average molecular weight is 380 g/mol. The van der Waals surface area contributed by atoms with Crippen LogP contribution in [0.4, 0.5) is 5.69 Å². The Labute approximate surface area is 167 Å². The summed E-state index contributed by atoms with van der Waals surface area (Å²) in [4.78, 5) is 22.4. The molecule has 0 spiro atoms. The summed E-state index contributed by atoms with van der Waals surface area (Å²) < 4.78 is 5.84. The number of ether oxygens (including phenoxy) is 1. The van der Waals surface area contributed by atoms with Crippen LogP contribution in [0.25, 0.3) is 4.85 Å². The number of hydrogen-bond acceptors (Lipinski definition) is 3. The SMILES string of the molecule is [C-]#[N+]c1ccc(OC2CN(C(=O)CC3(C)C4CC5CC3CC(C4)C5C)C2)nc1. The lowest BCUT2D eigenvalue weighted by Gasteiger charge is -2.62. The van der Waals surface area contributed by atoms with Gasteiger partial charge in [-0.1, -0.05) is 13.8 Å². The van der Waals surface area contributed by atoms with Crippen LogP contribution in [0.15, 0.2) is 18.3 Å². The van der Waals surface area contributed by atoms with E-state index in [0.717, 1.165) is 29.6 Å². The first-order valence-corrected chi connectivity index (χ1v) is 10.7. The minimum Gasteiger partial charge on any atom is -0.471 e. The third kappa shape index (κ3) is 2.80. The molecule has 5 fully saturated rings. The predicted molar refractivity (Wildman–Crippen MR) is 106 cm³/mol. The molecule has 1 aromatic rings. The van der Waals surface area contributed by atoms with Crippen molar-refractivity contribution in [2.75, 3.05) is 13.1 Å². The van der Waals surface area contributed by atoms with E-state index in [1.54, 1.807) is 12.1 Å². The topological polar surface area (TPSA) is 46.8 Å². The maximum Gasteiger partial charge on any atom is 0.223 e. The van der Waals surface area contributed by atoms with Gasteiger partial charge in [0, 0.05) is 12.6 Å². The van der Waals surface area contributed by atoms with Gasteiger partial charge in [-0.25, -0.2) is 9.83 Å². The highest BCUT2D eigenvalue weighted by atomic mass is 16.5. The Hall–Kier alpha value is -2.09. The lowest BCUT2D eigenvalue weighted by Crippen LogP contribution is -2.59. The number of pyridine rings is 1. The average Bonchev–Trinajstić information content (AvgIpc) is 2.63. The number of carbonyl (C=O) groups excluding carboxylic acids is 1. The normalized spacial score (nSPS) is 38.8. The van der Waals surface area contributed by atoms with Crippen molar-refractivity contribution >= 4 is 11.6 Å². The first kappa shape index (κ1) is 18.0. The summed E-state index contributed by atoms with van der Waals surface area (Å²) in [7, 11) is 0. The highest BCUT2D eigenvalue weighted by molar-refractivity contribution is 5.78. The molecule has 1 aliphatic heterocycles. The summed E-state index contributed by atoms with van der Waals surface area (Å²) in [5.74, 6) is 5.05. The van der Waals surface area contributed by atoms with Crippen LogP contribution in [0.5, 0.6) is 5.88 Å². The van der Waals surface area contributed by atoms with Crippen molar-refractivity contribution in [3.05, 3.63) is 29.7 Å². The number of nitrogens with zero attached hydrogens (tertiary/aromatic N) is 3. The first-order chi connectivity index (χ1) is 13.5. The monoisotopic (exact) mass is 379 g/mol. The number of carbonyl (C=O) groups is 1. The third-order valence-corrected chi connectivity index (χ3v) is 8.57. The second kappa shape index (κ2) is 6.47. The second-order valence-electron chi connectivity index (χ2n) is 9.90. The molecule has 148 valence electrons. The summed E-state index contributed by atoms with van der Waals surface area (Å²) in [6.45, 7) is 13.1. The molecule has 4 aliphatic carbocycles. The maximum absolute atomic E-state index is 13.0. The molecule has 0 N–H and O–H groups in total. The van der Waals surface area contributed by atoms with Crippen LogP contribution in [0.3, 0.4) is 0 Å². The van der Waals surface area contributed by atoms with Gasteiger partial charge < -0.3 is 9.64 Å². The molecule has 5 heteroatoms. The summed E-state index contributed by atoms with van der Waals surface area (Å²) in [5, 5.41) is 0. The number of aromatic nitrogens is 1. The van der Waals surface area contributed by atoms with Crippen molar-refractivity contribution in [3.63, 3.8) is 0 Å². The van der Waals surface area contributed by atoms with Crippen LogP contribution in [-0.4, -0.2) is 35.0 Å². The van der Waals surface area contributed by atoms with Gasteiger partial charge in [0.25, 0.3) is 0 Å². The summed E-state index contributed by atoms with van der Waals surface area (Å²) in [6.07, 6.45) is 7.62. The van der Waals surface area contributed by atoms with Crippen molar-refractivity contribution in [2.24, 2.45) is 35.0 Å². The molecule has 6 rings (SSSR count). The highest BCUT2D eigenvalue weighted by Gasteiger charge is 2.57. The summed E-state index contributed by atoms with van der Waals surface area (Å²) >= 11 is 0. The van der Waals surface area contributed by atoms with Crippen LogP contribution < -0.4 is 4.74 Å². The predicted octanol–water partition coefficient (Wildman–Crippen LogP) is 4.32. The molecule has 0 radical (unpaired) electrons. The second-order valence-corrected chi connectivity index (χ2v) is 9.90. The first-order valence-electron chi connectivity index (χ1n) is 10.7. The molecule has 1 aromatic heterocycles. The molecule has 4 saturated carbocycles. The van der Waals surface area contributed by atoms with E-state index in [1.807, 2.05) is 4.90 Å². The lowest BCUT2D eigenvalue weighted by atomic mass is 9.43. The van der Waals surface area contributed by atoms with Crippen molar-refractivity contribution in [1.82, 2.24) is 9.88 Å². The minimum atomic E-state index is 0.0161. The largest absolute Gasteiger partial charge is 0.471 e. The maximum atomic E-state index is 13.0. The highest BCUT2D eigenvalue weighted by Crippen LogP contribution is 2.65. The van der Waals surface area contributed by atoms with E-state index < -0.39 is 0 Å². The van der Waals surface area contributed by atoms with Gasteiger partial charge in [0.15, 0.2) is 0 Å². The fourth-order valence-corrected chi connectivity index (χ4v) is 6.62. The van der Waals surface area contributed by atoms with Gasteiger partial charge >= 0.3 is 0 Å². The molecule has 0 aromatic carbocycles. The van der Waals surface area contributed by atoms with Gasteiger partial charge in [0.05, 0.1) is 19.7 Å². The lowest BCUT2D eigenvalue weighted by molar-refractivity contribution is -0.159. The molecule has 0 atom stereocenters. The van der Waals surface area contributed by atoms with Crippen LogP contribution in [0.1, 0.15) is 46.0 Å². The molecular weight excluding hydrogens is 350 g/mol. The van der Waals surface area contributed by atoms with E-state index >= 15 is 0 Å². The minimum absolute atomic E-state index is 0.0161. The zero-order valence-electron chi connectivity index (χ0n) is 16.8. The van der Waals surface area contributed by atoms with E-state index in [0.29, 0.717) is 37.0 Å². The van der Waals surface area contributed by atoms with Gasteiger partial charge in [-0.2, -0.15) is 0 Å². The van der Waals surface area contributed by atoms with E-state index in [9.17, 15) is 4.79 Å². The molecule has 1 saturated heterocycles. The fraction of sp³-hybridized carbons (Fsp3) is 0.696. The summed E-state index contributed by atoms with van der Waals surface area (Å²) in [5.41, 5.74) is 0.712. The molecule has 28 heavy (non-hydrogen) atoms. The Balaban J connectivity index is 1.16. The molecular formula is C23H29N3O2. The smallest absolute Gasteiger partial charge is 0.223 e. The Morgan fingerprint density at radius 2 is 1.89 bits per heavy atom. The number of rotatable bonds is 4. The van der Waals surface area contributed by atoms with Gasteiger partial charge in [0.2, 0.25) is 17.5 Å². The Morgan fingerprint density at radius 1 is 1.25 bits per heavy atom. The molecule has 4 bridgehead atoms. The van der Waals surface area contributed by atoms with E-state index in [-0.39, 0.29) is 11.5 Å². The van der Waals surface area contributed by atoms with Crippen molar-refractivity contribution in [2.45, 2.75) is 52.1 Å². The van der Waals surface area contributed by atoms with Gasteiger partial charge in [0.1, 0.15) is 6.10 Å². The van der Waals surface area contributed by atoms with Gasteiger partial charge in [-0.3, -0.25) is 4.79 Å². The Morgan fingerprint density at radius 3 is 2.43 bits per heavy atom. The quantitative estimate of drug-likeness (QED) is 0.732. The molecule has 0 unspecified atom stereocenters. The molecule has 1 amide bonds. The van der Waals surface area contributed by atoms with Crippen LogP contribution in [0.2, 0.25) is 0 Å². The van der Waals surface area contributed by atoms with Crippen LogP contribution in [0, 0.1) is 41.6 Å². The zero-order valence-corrected chi connectivity index (χ0v) is 16.8.